The number of piperazine rings is 1. The van der Waals surface area contributed by atoms with Gasteiger partial charge in [-0.3, -0.25) is 10.1 Å². The summed E-state index contributed by atoms with van der Waals surface area (Å²) in [5, 5.41) is 18.5. The first-order chi connectivity index (χ1) is 15.3. The van der Waals surface area contributed by atoms with E-state index in [9.17, 15) is 5.11 Å². The standard InChI is InChI=1S/C25H29N6O.Li/c1-25(2,3)23-12-16(10-11-27-23)31-17-8-9-18(31)15-30(14-17)21-13-20(28-29-24(21)26)19-6-4-5-7-22(19)32;/h4-7,10-13,17-18H,8-9,14-15H2,1-3H3,(H2-,26,28,29,32);/q-1;+1. The van der Waals surface area contributed by atoms with Gasteiger partial charge in [-0.1, -0.05) is 32.9 Å². The number of aromatic nitrogens is 3. The first-order valence-corrected chi connectivity index (χ1v) is 11.2. The molecule has 33 heavy (non-hydrogen) atoms. The van der Waals surface area contributed by atoms with Crippen LogP contribution in [-0.4, -0.2) is 45.5 Å². The van der Waals surface area contributed by atoms with Crippen LogP contribution < -0.4 is 28.7 Å². The Kier molecular flexibility index (Phi) is 6.30. The molecule has 0 saturated carbocycles. The number of pyridine rings is 1. The summed E-state index contributed by atoms with van der Waals surface area (Å²) < 4.78 is 0. The van der Waals surface area contributed by atoms with E-state index in [0.29, 0.717) is 23.3 Å². The van der Waals surface area contributed by atoms with E-state index in [1.807, 2.05) is 24.4 Å². The van der Waals surface area contributed by atoms with Gasteiger partial charge in [0.05, 0.1) is 5.69 Å². The molecule has 0 radical (unpaired) electrons. The molecule has 2 aliphatic rings. The Hall–Kier alpha value is -2.75. The minimum absolute atomic E-state index is 0. The van der Waals surface area contributed by atoms with Crippen LogP contribution in [0.3, 0.4) is 0 Å². The van der Waals surface area contributed by atoms with Crippen LogP contribution in [0.4, 0.5) is 17.2 Å². The second kappa shape index (κ2) is 8.89. The van der Waals surface area contributed by atoms with Crippen molar-refractivity contribution < 1.29 is 24.0 Å². The molecule has 2 aliphatic heterocycles. The number of phenols is 1. The van der Waals surface area contributed by atoms with Crippen LogP contribution in [0.15, 0.2) is 48.7 Å². The van der Waals surface area contributed by atoms with Crippen LogP contribution in [-0.2, 0) is 5.41 Å². The summed E-state index contributed by atoms with van der Waals surface area (Å²) in [7, 11) is 0. The number of phenolic OH excluding ortho intramolecular Hbond substituents is 1. The molecule has 2 saturated heterocycles. The van der Waals surface area contributed by atoms with Crippen molar-refractivity contribution in [2.24, 2.45) is 0 Å². The first-order valence-electron chi connectivity index (χ1n) is 11.2. The SMILES string of the molecule is CC(C)(C)c1cc(N2C3CCC2CN(c2cc(-c4ccccc4O)nnc2[NH-])C3)ccn1.[Li+]. The molecule has 0 amide bonds. The van der Waals surface area contributed by atoms with Gasteiger partial charge in [0.2, 0.25) is 0 Å². The molecule has 5 rings (SSSR count). The van der Waals surface area contributed by atoms with Crippen LogP contribution in [0.5, 0.6) is 5.75 Å². The van der Waals surface area contributed by atoms with Gasteiger partial charge in [0.15, 0.2) is 0 Å². The van der Waals surface area contributed by atoms with Gasteiger partial charge in [0.1, 0.15) is 5.75 Å². The van der Waals surface area contributed by atoms with Crippen molar-refractivity contribution >= 4 is 17.2 Å². The molecule has 2 N–H and O–H groups in total. The summed E-state index contributed by atoms with van der Waals surface area (Å²) in [6, 6.07) is 14.1. The second-order valence-electron chi connectivity index (χ2n) is 9.83. The van der Waals surface area contributed by atoms with Crippen molar-refractivity contribution in [1.29, 1.82) is 0 Å². The third-order valence-corrected chi connectivity index (χ3v) is 6.59. The molecule has 2 unspecified atom stereocenters. The summed E-state index contributed by atoms with van der Waals surface area (Å²) in [4.78, 5) is 9.42. The summed E-state index contributed by atoms with van der Waals surface area (Å²) in [6.07, 6.45) is 4.19. The number of hydrogen-bond acceptors (Lipinski definition) is 6. The van der Waals surface area contributed by atoms with Gasteiger partial charge < -0.3 is 25.7 Å². The van der Waals surface area contributed by atoms with E-state index in [-0.39, 0.29) is 35.8 Å². The fourth-order valence-electron chi connectivity index (χ4n) is 4.96. The summed E-state index contributed by atoms with van der Waals surface area (Å²) in [5.41, 5.74) is 12.7. The monoisotopic (exact) mass is 436 g/mol. The number of nitrogens with zero attached hydrogens (tertiary/aromatic N) is 5. The predicted molar refractivity (Wildman–Crippen MR) is 128 cm³/mol. The van der Waals surface area contributed by atoms with Gasteiger partial charge >= 0.3 is 18.9 Å². The Labute approximate surface area is 207 Å². The third-order valence-electron chi connectivity index (χ3n) is 6.59. The Bertz CT molecular complexity index is 1130. The fraction of sp³-hybridized carbons (Fsp3) is 0.400. The summed E-state index contributed by atoms with van der Waals surface area (Å²) in [5.74, 6) is 0.346. The van der Waals surface area contributed by atoms with Crippen LogP contribution in [0.25, 0.3) is 17.0 Å². The van der Waals surface area contributed by atoms with Crippen LogP contribution in [0.1, 0.15) is 39.3 Å². The van der Waals surface area contributed by atoms with E-state index >= 15 is 0 Å². The Morgan fingerprint density at radius 1 is 1.00 bits per heavy atom. The zero-order valence-corrected chi connectivity index (χ0v) is 19.8. The largest absolute Gasteiger partial charge is 1.00 e. The molecule has 4 heterocycles. The molecule has 2 aromatic heterocycles. The van der Waals surface area contributed by atoms with Crippen molar-refractivity contribution in [1.82, 2.24) is 15.2 Å². The van der Waals surface area contributed by atoms with E-state index in [1.165, 1.54) is 5.69 Å². The Morgan fingerprint density at radius 2 is 1.70 bits per heavy atom. The number of hydrogen-bond donors (Lipinski definition) is 1. The van der Waals surface area contributed by atoms with Crippen molar-refractivity contribution in [3.05, 3.63) is 60.1 Å². The molecule has 3 aromatic rings. The second-order valence-corrected chi connectivity index (χ2v) is 9.83. The molecule has 8 heteroatoms. The maximum absolute atomic E-state index is 10.2. The minimum atomic E-state index is 0. The van der Waals surface area contributed by atoms with Crippen LogP contribution in [0, 0.1) is 0 Å². The molecule has 0 spiro atoms. The number of aromatic hydroxyl groups is 1. The van der Waals surface area contributed by atoms with Crippen molar-refractivity contribution in [3.8, 4) is 17.0 Å². The molecule has 7 nitrogen and oxygen atoms in total. The molecule has 2 fully saturated rings. The topological polar surface area (TPSA) is 89.2 Å². The molecule has 0 aliphatic carbocycles. The van der Waals surface area contributed by atoms with E-state index in [0.717, 1.165) is 37.3 Å². The molecule has 2 atom stereocenters. The van der Waals surface area contributed by atoms with E-state index in [1.54, 1.807) is 12.1 Å². The quantitative estimate of drug-likeness (QED) is 0.633. The molecule has 166 valence electrons. The van der Waals surface area contributed by atoms with E-state index < -0.39 is 0 Å². The minimum Gasteiger partial charge on any atom is -0.507 e. The predicted octanol–water partition coefficient (Wildman–Crippen LogP) is 2.09. The maximum Gasteiger partial charge on any atom is 1.00 e. The average molecular weight is 436 g/mol. The van der Waals surface area contributed by atoms with Gasteiger partial charge in [0.25, 0.3) is 0 Å². The average Bonchev–Trinajstić information content (AvgIpc) is 3.03. The van der Waals surface area contributed by atoms with Gasteiger partial charge in [-0.2, -0.15) is 0 Å². The van der Waals surface area contributed by atoms with Crippen LogP contribution >= 0.6 is 0 Å². The Morgan fingerprint density at radius 3 is 2.36 bits per heavy atom. The molecular formula is C25H29LiN6O. The van der Waals surface area contributed by atoms with E-state index in [2.05, 4.69) is 57.9 Å². The number of nitrogens with one attached hydrogen (secondary N) is 1. The summed E-state index contributed by atoms with van der Waals surface area (Å²) >= 11 is 0. The number of anilines is 2. The molecule has 2 bridgehead atoms. The molecule has 1 aromatic carbocycles. The van der Waals surface area contributed by atoms with Crippen molar-refractivity contribution in [2.45, 2.75) is 51.1 Å². The van der Waals surface area contributed by atoms with Crippen molar-refractivity contribution in [2.75, 3.05) is 22.9 Å². The van der Waals surface area contributed by atoms with Crippen molar-refractivity contribution in [3.63, 3.8) is 0 Å². The zero-order chi connectivity index (χ0) is 22.5. The fourth-order valence-corrected chi connectivity index (χ4v) is 4.96. The van der Waals surface area contributed by atoms with Gasteiger partial charge in [-0.25, -0.2) is 0 Å². The third kappa shape index (κ3) is 4.40. The number of fused-ring (bicyclic) bond motifs is 2. The van der Waals surface area contributed by atoms with E-state index in [4.69, 9.17) is 5.73 Å². The number of benzene rings is 1. The maximum atomic E-state index is 10.2. The number of para-hydroxylation sites is 1. The van der Waals surface area contributed by atoms with Gasteiger partial charge in [-0.05, 0) is 49.0 Å². The number of rotatable bonds is 3. The normalized spacial score (nSPS) is 20.0. The van der Waals surface area contributed by atoms with Crippen LogP contribution in [0.2, 0.25) is 0 Å². The smallest absolute Gasteiger partial charge is 0.507 e. The molecular weight excluding hydrogens is 407 g/mol. The Balaban J connectivity index is 0.00000259. The van der Waals surface area contributed by atoms with Gasteiger partial charge in [0, 0.05) is 59.4 Å². The zero-order valence-electron chi connectivity index (χ0n) is 19.8. The first kappa shape index (κ1) is 23.4. The summed E-state index contributed by atoms with van der Waals surface area (Å²) in [6.45, 7) is 8.25. The van der Waals surface area contributed by atoms with Gasteiger partial charge in [-0.15, -0.1) is 0 Å².